The maximum absolute atomic E-state index is 10.6. The monoisotopic (exact) mass is 129 g/mol. The molecule has 0 spiro atoms. The molecule has 0 amide bonds. The zero-order chi connectivity index (χ0) is 7.44. The second-order valence-corrected chi connectivity index (χ2v) is 2.65. The van der Waals surface area contributed by atoms with E-state index in [-0.39, 0.29) is 11.8 Å². The van der Waals surface area contributed by atoms with Crippen LogP contribution in [0.3, 0.4) is 0 Å². The first kappa shape index (κ1) is 8.63. The molecule has 0 aliphatic rings. The molecule has 0 saturated carbocycles. The van der Waals surface area contributed by atoms with E-state index in [1.54, 1.807) is 6.92 Å². The molecule has 0 saturated heterocycles. The van der Waals surface area contributed by atoms with Crippen molar-refractivity contribution < 1.29 is 4.79 Å². The number of hydrogen-bond acceptors (Lipinski definition) is 2. The molecule has 0 radical (unpaired) electrons. The lowest BCUT2D eigenvalue weighted by atomic mass is 10.2. The van der Waals surface area contributed by atoms with Crippen LogP contribution in [-0.4, -0.2) is 17.9 Å². The molecule has 0 aromatic heterocycles. The highest BCUT2D eigenvalue weighted by Gasteiger charge is 2.06. The van der Waals surface area contributed by atoms with E-state index in [2.05, 4.69) is 5.32 Å². The number of hydrogen-bond donors (Lipinski definition) is 1. The second kappa shape index (κ2) is 3.62. The van der Waals surface area contributed by atoms with Gasteiger partial charge in [-0.3, -0.25) is 4.79 Å². The maximum atomic E-state index is 10.6. The minimum atomic E-state index is 0.00463. The highest BCUT2D eigenvalue weighted by molar-refractivity contribution is 5.80. The molecule has 0 unspecified atom stereocenters. The summed E-state index contributed by atoms with van der Waals surface area (Å²) in [5, 5.41) is 3.09. The van der Waals surface area contributed by atoms with Crippen molar-refractivity contribution in [2.45, 2.75) is 39.8 Å². The van der Waals surface area contributed by atoms with Crippen molar-refractivity contribution >= 4 is 5.78 Å². The highest BCUT2D eigenvalue weighted by atomic mass is 16.1. The quantitative estimate of drug-likeness (QED) is 0.615. The van der Waals surface area contributed by atoms with Crippen molar-refractivity contribution in [3.63, 3.8) is 0 Å². The SMILES string of the molecule is CC(=O)[C@H](C)NC(C)C. The van der Waals surface area contributed by atoms with E-state index in [1.165, 1.54) is 0 Å². The third kappa shape index (κ3) is 4.15. The van der Waals surface area contributed by atoms with Gasteiger partial charge in [-0.05, 0) is 13.8 Å². The fourth-order valence-electron chi connectivity index (χ4n) is 0.617. The van der Waals surface area contributed by atoms with E-state index in [0.29, 0.717) is 6.04 Å². The normalized spacial score (nSPS) is 13.9. The third-order valence-electron chi connectivity index (χ3n) is 1.19. The standard InChI is InChI=1S/C7H15NO/c1-5(2)8-6(3)7(4)9/h5-6,8H,1-4H3/t6-/m0/s1. The molecule has 9 heavy (non-hydrogen) atoms. The van der Waals surface area contributed by atoms with Gasteiger partial charge in [0.1, 0.15) is 5.78 Å². The lowest BCUT2D eigenvalue weighted by Crippen LogP contribution is -2.37. The van der Waals surface area contributed by atoms with Crippen molar-refractivity contribution in [3.05, 3.63) is 0 Å². The van der Waals surface area contributed by atoms with Crippen LogP contribution >= 0.6 is 0 Å². The molecule has 0 fully saturated rings. The van der Waals surface area contributed by atoms with Crippen LogP contribution in [0, 0.1) is 0 Å². The fraction of sp³-hybridized carbons (Fsp3) is 0.857. The van der Waals surface area contributed by atoms with E-state index in [9.17, 15) is 4.79 Å². The van der Waals surface area contributed by atoms with Gasteiger partial charge in [0, 0.05) is 6.04 Å². The van der Waals surface area contributed by atoms with Gasteiger partial charge in [0.2, 0.25) is 0 Å². The summed E-state index contributed by atoms with van der Waals surface area (Å²) in [6.45, 7) is 7.53. The lowest BCUT2D eigenvalue weighted by molar-refractivity contribution is -0.118. The molecule has 0 aliphatic heterocycles. The molecule has 0 bridgehead atoms. The first-order valence-corrected chi connectivity index (χ1v) is 3.30. The van der Waals surface area contributed by atoms with Crippen LogP contribution in [0.15, 0.2) is 0 Å². The van der Waals surface area contributed by atoms with Gasteiger partial charge in [-0.25, -0.2) is 0 Å². The number of carbonyl (C=O) groups is 1. The summed E-state index contributed by atoms with van der Waals surface area (Å²) < 4.78 is 0. The lowest BCUT2D eigenvalue weighted by Gasteiger charge is -2.12. The molecule has 0 rings (SSSR count). The first-order valence-electron chi connectivity index (χ1n) is 3.30. The van der Waals surface area contributed by atoms with E-state index in [1.807, 2.05) is 20.8 Å². The molecule has 1 atom stereocenters. The molecule has 54 valence electrons. The van der Waals surface area contributed by atoms with Crippen molar-refractivity contribution in [3.8, 4) is 0 Å². The zero-order valence-electron chi connectivity index (χ0n) is 6.56. The Labute approximate surface area is 56.6 Å². The van der Waals surface area contributed by atoms with Gasteiger partial charge < -0.3 is 5.32 Å². The highest BCUT2D eigenvalue weighted by Crippen LogP contribution is 1.86. The van der Waals surface area contributed by atoms with Gasteiger partial charge in [0.15, 0.2) is 0 Å². The molecule has 0 aliphatic carbocycles. The Morgan fingerprint density at radius 1 is 1.33 bits per heavy atom. The van der Waals surface area contributed by atoms with E-state index < -0.39 is 0 Å². The fourth-order valence-corrected chi connectivity index (χ4v) is 0.617. The van der Waals surface area contributed by atoms with Crippen molar-refractivity contribution in [2.24, 2.45) is 0 Å². The molecule has 1 N–H and O–H groups in total. The van der Waals surface area contributed by atoms with E-state index in [0.717, 1.165) is 0 Å². The third-order valence-corrected chi connectivity index (χ3v) is 1.19. The number of carbonyl (C=O) groups excluding carboxylic acids is 1. The predicted molar refractivity (Wildman–Crippen MR) is 38.4 cm³/mol. The summed E-state index contributed by atoms with van der Waals surface area (Å²) in [4.78, 5) is 10.6. The maximum Gasteiger partial charge on any atom is 0.146 e. The van der Waals surface area contributed by atoms with E-state index in [4.69, 9.17) is 0 Å². The number of rotatable bonds is 3. The summed E-state index contributed by atoms with van der Waals surface area (Å²) in [6.07, 6.45) is 0. The van der Waals surface area contributed by atoms with Crippen molar-refractivity contribution in [1.82, 2.24) is 5.32 Å². The minimum absolute atomic E-state index is 0.00463. The molecule has 2 heteroatoms. The Bertz CT molecular complexity index is 99.1. The Morgan fingerprint density at radius 3 is 1.89 bits per heavy atom. The van der Waals surface area contributed by atoms with Gasteiger partial charge in [-0.15, -0.1) is 0 Å². The van der Waals surface area contributed by atoms with Gasteiger partial charge in [-0.2, -0.15) is 0 Å². The van der Waals surface area contributed by atoms with Crippen molar-refractivity contribution in [2.75, 3.05) is 0 Å². The summed E-state index contributed by atoms with van der Waals surface area (Å²) >= 11 is 0. The number of Topliss-reactive ketones (excluding diaryl/α,β-unsaturated/α-hetero) is 1. The summed E-state index contributed by atoms with van der Waals surface area (Å²) in [7, 11) is 0. The van der Waals surface area contributed by atoms with E-state index >= 15 is 0 Å². The van der Waals surface area contributed by atoms with Gasteiger partial charge in [-0.1, -0.05) is 13.8 Å². The Hall–Kier alpha value is -0.370. The molecule has 0 heterocycles. The zero-order valence-corrected chi connectivity index (χ0v) is 6.56. The summed E-state index contributed by atoms with van der Waals surface area (Å²) in [5.41, 5.74) is 0. The van der Waals surface area contributed by atoms with Crippen LogP contribution in [0.2, 0.25) is 0 Å². The van der Waals surface area contributed by atoms with Gasteiger partial charge in [0.25, 0.3) is 0 Å². The Balaban J connectivity index is 3.50. The van der Waals surface area contributed by atoms with Crippen LogP contribution in [0.1, 0.15) is 27.7 Å². The van der Waals surface area contributed by atoms with Gasteiger partial charge >= 0.3 is 0 Å². The average Bonchev–Trinajstić information content (AvgIpc) is 1.63. The van der Waals surface area contributed by atoms with Crippen LogP contribution in [0.5, 0.6) is 0 Å². The van der Waals surface area contributed by atoms with Crippen LogP contribution < -0.4 is 5.32 Å². The number of ketones is 1. The molecule has 0 aromatic rings. The smallest absolute Gasteiger partial charge is 0.146 e. The predicted octanol–water partition coefficient (Wildman–Crippen LogP) is 0.962. The molecule has 2 nitrogen and oxygen atoms in total. The largest absolute Gasteiger partial charge is 0.305 e. The Kier molecular flexibility index (Phi) is 3.47. The van der Waals surface area contributed by atoms with Crippen LogP contribution in [-0.2, 0) is 4.79 Å². The molecular weight excluding hydrogens is 114 g/mol. The number of nitrogens with one attached hydrogen (secondary N) is 1. The second-order valence-electron chi connectivity index (χ2n) is 2.65. The average molecular weight is 129 g/mol. The van der Waals surface area contributed by atoms with Crippen LogP contribution in [0.25, 0.3) is 0 Å². The Morgan fingerprint density at radius 2 is 1.78 bits per heavy atom. The molecular formula is C7H15NO. The minimum Gasteiger partial charge on any atom is -0.305 e. The van der Waals surface area contributed by atoms with Gasteiger partial charge in [0.05, 0.1) is 6.04 Å². The summed E-state index contributed by atoms with van der Waals surface area (Å²) in [5.74, 6) is 0.198. The topological polar surface area (TPSA) is 29.1 Å². The molecule has 0 aromatic carbocycles. The van der Waals surface area contributed by atoms with Crippen molar-refractivity contribution in [1.29, 1.82) is 0 Å². The first-order chi connectivity index (χ1) is 4.04. The van der Waals surface area contributed by atoms with Crippen LogP contribution in [0.4, 0.5) is 0 Å². The summed E-state index contributed by atoms with van der Waals surface area (Å²) in [6, 6.07) is 0.397.